The maximum absolute atomic E-state index is 16.0. The number of primary amides is 1. The standard InChI is InChI=1S/C29H36FN3O7/c1-12-5-13(2)10-33(9-12)11-15-8-18(34)20-16(22(15)30)6-14-7-17-23(32(3)4)25(36)21(28(31)39)27(38)29(17,40)26(37)19(14)24(20)35/h8,12-14,17,23,34-35,38,40H,5-7,9-11H2,1-4H3,(H2,31,39)/t12-,13+,14-,17-,23-,29-/m0/s1. The van der Waals surface area contributed by atoms with Crippen LogP contribution in [-0.4, -0.2) is 86.5 Å². The van der Waals surface area contributed by atoms with Crippen LogP contribution in [0.4, 0.5) is 4.39 Å². The number of Topliss-reactive ketones (excluding diaryl/α,β-unsaturated/α-hetero) is 2. The summed E-state index contributed by atoms with van der Waals surface area (Å²) in [6.45, 7) is 6.14. The molecule has 11 heteroatoms. The molecule has 1 aromatic carbocycles. The topological polar surface area (TPSA) is 165 Å². The predicted molar refractivity (Wildman–Crippen MR) is 142 cm³/mol. The number of piperidine rings is 1. The molecule has 0 unspecified atom stereocenters. The van der Waals surface area contributed by atoms with E-state index in [1.807, 2.05) is 0 Å². The van der Waals surface area contributed by atoms with Crippen molar-refractivity contribution in [3.8, 4) is 5.75 Å². The third-order valence-corrected chi connectivity index (χ3v) is 9.07. The van der Waals surface area contributed by atoms with Crippen molar-refractivity contribution in [2.75, 3.05) is 27.2 Å². The van der Waals surface area contributed by atoms with Gasteiger partial charge in [0.05, 0.1) is 11.6 Å². The lowest BCUT2D eigenvalue weighted by atomic mass is 9.57. The number of aliphatic hydroxyl groups excluding tert-OH is 2. The summed E-state index contributed by atoms with van der Waals surface area (Å²) < 4.78 is 16.0. The SMILES string of the molecule is C[C@@H]1C[C@H](C)CN(Cc2cc(O)c3c(c2F)C[C@H]2C[C@H]4[C@H](N(C)C)C(=O)C(C(N)=O)=C(O)[C@@]4(O)C(=O)C2=C3O)C1. The Hall–Kier alpha value is -3.28. The van der Waals surface area contributed by atoms with E-state index in [1.165, 1.54) is 25.1 Å². The van der Waals surface area contributed by atoms with Gasteiger partial charge in [-0.2, -0.15) is 0 Å². The number of likely N-dealkylation sites (N-methyl/N-ethyl adjacent to an activating group) is 1. The minimum atomic E-state index is -2.72. The zero-order valence-corrected chi connectivity index (χ0v) is 23.1. The molecule has 2 fully saturated rings. The van der Waals surface area contributed by atoms with Crippen molar-refractivity contribution < 1.29 is 39.2 Å². The molecular formula is C29H36FN3O7. The van der Waals surface area contributed by atoms with Gasteiger partial charge in [-0.15, -0.1) is 0 Å². The van der Waals surface area contributed by atoms with E-state index in [4.69, 9.17) is 5.73 Å². The number of amides is 1. The van der Waals surface area contributed by atoms with Crippen molar-refractivity contribution in [2.24, 2.45) is 29.4 Å². The fourth-order valence-electron chi connectivity index (χ4n) is 7.62. The summed E-state index contributed by atoms with van der Waals surface area (Å²) in [4.78, 5) is 42.7. The van der Waals surface area contributed by atoms with E-state index in [0.29, 0.717) is 11.8 Å². The first kappa shape index (κ1) is 28.3. The van der Waals surface area contributed by atoms with E-state index in [0.717, 1.165) is 19.5 Å². The number of carbonyl (C=O) groups is 3. The first-order valence-electron chi connectivity index (χ1n) is 13.6. The van der Waals surface area contributed by atoms with E-state index in [-0.39, 0.29) is 41.6 Å². The van der Waals surface area contributed by atoms with E-state index in [2.05, 4.69) is 18.7 Å². The Morgan fingerprint density at radius 1 is 1.15 bits per heavy atom. The highest BCUT2D eigenvalue weighted by atomic mass is 19.1. The summed E-state index contributed by atoms with van der Waals surface area (Å²) in [6, 6.07) is 0.0642. The van der Waals surface area contributed by atoms with Crippen LogP contribution in [0.25, 0.3) is 5.76 Å². The smallest absolute Gasteiger partial charge is 0.255 e. The van der Waals surface area contributed by atoms with Crippen LogP contribution in [0.2, 0.25) is 0 Å². The molecule has 1 saturated carbocycles. The molecule has 40 heavy (non-hydrogen) atoms. The molecule has 10 nitrogen and oxygen atoms in total. The average molecular weight is 558 g/mol. The van der Waals surface area contributed by atoms with Gasteiger partial charge in [0.15, 0.2) is 11.4 Å². The fraction of sp³-hybridized carbons (Fsp3) is 0.552. The number of hydrogen-bond donors (Lipinski definition) is 5. The molecule has 1 aliphatic heterocycles. The van der Waals surface area contributed by atoms with Crippen LogP contribution in [0.1, 0.15) is 43.4 Å². The summed E-state index contributed by atoms with van der Waals surface area (Å²) in [6.07, 6.45) is 0.924. The lowest BCUT2D eigenvalue weighted by Crippen LogP contribution is -2.65. The molecule has 1 heterocycles. The van der Waals surface area contributed by atoms with Crippen molar-refractivity contribution in [1.82, 2.24) is 9.80 Å². The van der Waals surface area contributed by atoms with Gasteiger partial charge in [0.2, 0.25) is 5.78 Å². The molecule has 0 bridgehead atoms. The average Bonchev–Trinajstić information content (AvgIpc) is 2.83. The van der Waals surface area contributed by atoms with Crippen LogP contribution in [0.3, 0.4) is 0 Å². The predicted octanol–water partition coefficient (Wildman–Crippen LogP) is 1.58. The monoisotopic (exact) mass is 557 g/mol. The molecule has 6 N–H and O–H groups in total. The van der Waals surface area contributed by atoms with Crippen LogP contribution in [0.15, 0.2) is 23.0 Å². The number of benzene rings is 1. The summed E-state index contributed by atoms with van der Waals surface area (Å²) in [5.74, 6) is -7.21. The number of likely N-dealkylation sites (tertiary alicyclic amines) is 1. The van der Waals surface area contributed by atoms with Gasteiger partial charge in [0, 0.05) is 42.3 Å². The van der Waals surface area contributed by atoms with E-state index in [1.54, 1.807) is 0 Å². The number of aromatic hydroxyl groups is 1. The fourth-order valence-corrected chi connectivity index (χ4v) is 7.62. The Morgan fingerprint density at radius 2 is 1.77 bits per heavy atom. The van der Waals surface area contributed by atoms with Crippen LogP contribution in [-0.2, 0) is 27.3 Å². The number of phenols is 1. The summed E-state index contributed by atoms with van der Waals surface area (Å²) in [7, 11) is 3.06. The van der Waals surface area contributed by atoms with Gasteiger partial charge >= 0.3 is 0 Å². The number of nitrogens with two attached hydrogens (primary N) is 1. The third kappa shape index (κ3) is 4.05. The number of fused-ring (bicyclic) bond motifs is 3. The van der Waals surface area contributed by atoms with Gasteiger partial charge in [-0.3, -0.25) is 24.2 Å². The third-order valence-electron chi connectivity index (χ3n) is 9.07. The second kappa shape index (κ2) is 9.67. The molecule has 0 radical (unpaired) electrons. The molecule has 1 saturated heterocycles. The second-order valence-electron chi connectivity index (χ2n) is 12.3. The van der Waals surface area contributed by atoms with E-state index >= 15 is 4.39 Å². The quantitative estimate of drug-likeness (QED) is 0.346. The Labute approximate surface area is 231 Å². The summed E-state index contributed by atoms with van der Waals surface area (Å²) >= 11 is 0. The normalized spacial score (nSPS) is 32.7. The maximum Gasteiger partial charge on any atom is 0.255 e. The van der Waals surface area contributed by atoms with Crippen LogP contribution >= 0.6 is 0 Å². The molecule has 0 aromatic heterocycles. The Bertz CT molecular complexity index is 1380. The van der Waals surface area contributed by atoms with Gasteiger partial charge in [-0.05, 0) is 57.2 Å². The molecular weight excluding hydrogens is 521 g/mol. The molecule has 1 amide bonds. The number of rotatable bonds is 4. The van der Waals surface area contributed by atoms with E-state index < -0.39 is 69.6 Å². The minimum absolute atomic E-state index is 0.0544. The lowest BCUT2D eigenvalue weighted by Gasteiger charge is -2.50. The van der Waals surface area contributed by atoms with Gasteiger partial charge in [-0.25, -0.2) is 4.39 Å². The summed E-state index contributed by atoms with van der Waals surface area (Å²) in [5, 5.41) is 44.7. The number of halogens is 1. The number of aliphatic hydroxyl groups is 3. The lowest BCUT2D eigenvalue weighted by molar-refractivity contribution is -0.153. The van der Waals surface area contributed by atoms with Crippen molar-refractivity contribution in [3.63, 3.8) is 0 Å². The second-order valence-corrected chi connectivity index (χ2v) is 12.3. The van der Waals surface area contributed by atoms with Crippen molar-refractivity contribution in [3.05, 3.63) is 45.5 Å². The highest BCUT2D eigenvalue weighted by molar-refractivity contribution is 6.24. The first-order valence-corrected chi connectivity index (χ1v) is 13.6. The molecule has 3 aliphatic carbocycles. The number of ketones is 2. The van der Waals surface area contributed by atoms with Crippen molar-refractivity contribution in [1.29, 1.82) is 0 Å². The first-order chi connectivity index (χ1) is 18.7. The van der Waals surface area contributed by atoms with Crippen molar-refractivity contribution >= 4 is 23.2 Å². The number of phenolic OH excluding ortho intramolecular Hbond substituents is 1. The molecule has 0 spiro atoms. The number of hydrogen-bond acceptors (Lipinski definition) is 9. The van der Waals surface area contributed by atoms with Gasteiger partial charge in [-0.1, -0.05) is 13.8 Å². The Balaban J connectivity index is 1.61. The van der Waals surface area contributed by atoms with Crippen LogP contribution < -0.4 is 5.73 Å². The van der Waals surface area contributed by atoms with Crippen LogP contribution in [0, 0.1) is 29.5 Å². The highest BCUT2D eigenvalue weighted by Gasteiger charge is 2.64. The van der Waals surface area contributed by atoms with E-state index in [9.17, 15) is 34.8 Å². The van der Waals surface area contributed by atoms with Gasteiger partial charge in [0.1, 0.15) is 28.7 Å². The number of nitrogens with zero attached hydrogens (tertiary/aromatic N) is 2. The zero-order chi connectivity index (χ0) is 29.4. The Morgan fingerprint density at radius 3 is 2.35 bits per heavy atom. The highest BCUT2D eigenvalue weighted by Crippen LogP contribution is 2.53. The van der Waals surface area contributed by atoms with Gasteiger partial charge < -0.3 is 26.2 Å². The Kier molecular flexibility index (Phi) is 6.83. The van der Waals surface area contributed by atoms with Crippen LogP contribution in [0.5, 0.6) is 5.75 Å². The molecule has 1 aromatic rings. The summed E-state index contributed by atoms with van der Waals surface area (Å²) in [5.41, 5.74) is 1.53. The number of carbonyl (C=O) groups excluding carboxylic acids is 3. The zero-order valence-electron chi connectivity index (χ0n) is 23.1. The maximum atomic E-state index is 16.0. The minimum Gasteiger partial charge on any atom is -0.508 e. The molecule has 6 atom stereocenters. The molecule has 216 valence electrons. The molecule has 5 rings (SSSR count). The van der Waals surface area contributed by atoms with Gasteiger partial charge in [0.25, 0.3) is 5.91 Å². The molecule has 4 aliphatic rings. The largest absolute Gasteiger partial charge is 0.508 e. The van der Waals surface area contributed by atoms with Crippen molar-refractivity contribution in [2.45, 2.75) is 51.3 Å².